The molecule has 1 atom stereocenters. The second kappa shape index (κ2) is 5.93. The minimum atomic E-state index is -0.842. The Morgan fingerprint density at radius 1 is 1.38 bits per heavy atom. The quantitative estimate of drug-likeness (QED) is 0.906. The maximum atomic E-state index is 11.4. The van der Waals surface area contributed by atoms with Crippen LogP contribution in [-0.4, -0.2) is 53.2 Å². The largest absolute Gasteiger partial charge is 0.477 e. The predicted octanol–water partition coefficient (Wildman–Crippen LogP) is 2.64. The smallest absolute Gasteiger partial charge is 0.347 e. The van der Waals surface area contributed by atoms with Crippen LogP contribution in [0.3, 0.4) is 0 Å². The van der Waals surface area contributed by atoms with Gasteiger partial charge in [0.15, 0.2) is 5.13 Å². The zero-order chi connectivity index (χ0) is 15.0. The number of thiazole rings is 1. The molecule has 2 aliphatic rings. The van der Waals surface area contributed by atoms with E-state index in [1.807, 2.05) is 0 Å². The van der Waals surface area contributed by atoms with Crippen molar-refractivity contribution in [2.45, 2.75) is 45.1 Å². The molecular weight excluding hydrogens is 286 g/mol. The molecule has 0 aromatic carbocycles. The van der Waals surface area contributed by atoms with E-state index in [2.05, 4.69) is 28.6 Å². The highest BCUT2D eigenvalue weighted by molar-refractivity contribution is 7.17. The molecule has 1 aliphatic carbocycles. The summed E-state index contributed by atoms with van der Waals surface area (Å²) in [4.78, 5) is 21.3. The minimum Gasteiger partial charge on any atom is -0.477 e. The Labute approximate surface area is 129 Å². The number of anilines is 1. The molecule has 1 aromatic rings. The van der Waals surface area contributed by atoms with E-state index in [9.17, 15) is 9.90 Å². The number of carbonyl (C=O) groups is 1. The van der Waals surface area contributed by atoms with Gasteiger partial charge in [-0.1, -0.05) is 25.2 Å². The zero-order valence-corrected chi connectivity index (χ0v) is 13.5. The van der Waals surface area contributed by atoms with E-state index in [1.54, 1.807) is 0 Å². The van der Waals surface area contributed by atoms with Crippen molar-refractivity contribution >= 4 is 22.4 Å². The SMILES string of the molecule is CCC(C)c1nc(N2CCN(C3CC3)CC2)sc1C(=O)O. The molecule has 0 radical (unpaired) electrons. The van der Waals surface area contributed by atoms with Gasteiger partial charge in [-0.25, -0.2) is 9.78 Å². The number of carboxylic acids is 1. The first kappa shape index (κ1) is 14.8. The summed E-state index contributed by atoms with van der Waals surface area (Å²) in [5, 5.41) is 10.3. The maximum absolute atomic E-state index is 11.4. The lowest BCUT2D eigenvalue weighted by Gasteiger charge is -2.34. The summed E-state index contributed by atoms with van der Waals surface area (Å²) in [6, 6.07) is 0.814. The van der Waals surface area contributed by atoms with Crippen LogP contribution in [0.4, 0.5) is 5.13 Å². The first-order chi connectivity index (χ1) is 10.1. The number of aromatic carboxylic acids is 1. The van der Waals surface area contributed by atoms with Crippen LogP contribution in [0.2, 0.25) is 0 Å². The Balaban J connectivity index is 1.74. The molecule has 6 heteroatoms. The molecule has 2 heterocycles. The monoisotopic (exact) mass is 309 g/mol. The Morgan fingerprint density at radius 2 is 2.05 bits per heavy atom. The van der Waals surface area contributed by atoms with E-state index in [0.29, 0.717) is 4.88 Å². The molecule has 0 bridgehead atoms. The fourth-order valence-electron chi connectivity index (χ4n) is 2.85. The second-order valence-electron chi connectivity index (χ2n) is 6.08. The van der Waals surface area contributed by atoms with Crippen molar-refractivity contribution < 1.29 is 9.90 Å². The summed E-state index contributed by atoms with van der Waals surface area (Å²) in [6.45, 7) is 8.20. The highest BCUT2D eigenvalue weighted by Gasteiger charge is 2.32. The molecule has 1 N–H and O–H groups in total. The average molecular weight is 309 g/mol. The van der Waals surface area contributed by atoms with Crippen molar-refractivity contribution in [3.8, 4) is 0 Å². The van der Waals surface area contributed by atoms with E-state index in [4.69, 9.17) is 0 Å². The number of aromatic nitrogens is 1. The van der Waals surface area contributed by atoms with Gasteiger partial charge in [0.25, 0.3) is 0 Å². The lowest BCUT2D eigenvalue weighted by atomic mass is 10.0. The van der Waals surface area contributed by atoms with Gasteiger partial charge in [0.2, 0.25) is 0 Å². The van der Waals surface area contributed by atoms with Gasteiger partial charge in [-0.2, -0.15) is 0 Å². The Bertz CT molecular complexity index is 519. The van der Waals surface area contributed by atoms with Crippen LogP contribution < -0.4 is 4.90 Å². The van der Waals surface area contributed by atoms with Crippen LogP contribution in [-0.2, 0) is 0 Å². The standard InChI is InChI=1S/C15H23N3O2S/c1-3-10(2)12-13(14(19)20)21-15(16-12)18-8-6-17(7-9-18)11-4-5-11/h10-11H,3-9H2,1-2H3,(H,19,20). The molecule has 1 saturated carbocycles. The third kappa shape index (κ3) is 3.06. The van der Waals surface area contributed by atoms with Gasteiger partial charge in [0, 0.05) is 32.2 Å². The van der Waals surface area contributed by atoms with E-state index < -0.39 is 5.97 Å². The summed E-state index contributed by atoms with van der Waals surface area (Å²) in [7, 11) is 0. The number of nitrogens with zero attached hydrogens (tertiary/aromatic N) is 3. The molecule has 1 unspecified atom stereocenters. The lowest BCUT2D eigenvalue weighted by Crippen LogP contribution is -2.47. The first-order valence-corrected chi connectivity index (χ1v) is 8.64. The molecule has 1 aromatic heterocycles. The fraction of sp³-hybridized carbons (Fsp3) is 0.733. The topological polar surface area (TPSA) is 56.7 Å². The Kier molecular flexibility index (Phi) is 4.17. The van der Waals surface area contributed by atoms with Crippen LogP contribution in [0, 0.1) is 0 Å². The van der Waals surface area contributed by atoms with Gasteiger partial charge in [0.05, 0.1) is 5.69 Å². The van der Waals surface area contributed by atoms with Crippen molar-refractivity contribution in [3.63, 3.8) is 0 Å². The molecule has 1 saturated heterocycles. The minimum absolute atomic E-state index is 0.203. The van der Waals surface area contributed by atoms with Crippen molar-refractivity contribution in [1.82, 2.24) is 9.88 Å². The molecule has 2 fully saturated rings. The zero-order valence-electron chi connectivity index (χ0n) is 12.7. The molecule has 21 heavy (non-hydrogen) atoms. The van der Waals surface area contributed by atoms with Crippen molar-refractivity contribution in [2.24, 2.45) is 0 Å². The predicted molar refractivity (Wildman–Crippen MR) is 84.6 cm³/mol. The van der Waals surface area contributed by atoms with Crippen molar-refractivity contribution in [2.75, 3.05) is 31.1 Å². The van der Waals surface area contributed by atoms with E-state index in [1.165, 1.54) is 24.2 Å². The molecule has 5 nitrogen and oxygen atoms in total. The summed E-state index contributed by atoms with van der Waals surface area (Å²) in [6.07, 6.45) is 3.61. The van der Waals surface area contributed by atoms with Gasteiger partial charge in [-0.05, 0) is 25.2 Å². The number of carboxylic acid groups (broad SMARTS) is 1. The molecule has 0 spiro atoms. The van der Waals surface area contributed by atoms with Crippen LogP contribution >= 0.6 is 11.3 Å². The molecule has 1 aliphatic heterocycles. The third-order valence-corrected chi connectivity index (χ3v) is 5.68. The lowest BCUT2D eigenvalue weighted by molar-refractivity contribution is 0.0700. The average Bonchev–Trinajstić information content (AvgIpc) is 3.24. The number of hydrogen-bond donors (Lipinski definition) is 1. The number of hydrogen-bond acceptors (Lipinski definition) is 5. The summed E-state index contributed by atoms with van der Waals surface area (Å²) in [5.74, 6) is -0.639. The van der Waals surface area contributed by atoms with Crippen LogP contribution in [0.25, 0.3) is 0 Å². The van der Waals surface area contributed by atoms with Crippen LogP contribution in [0.1, 0.15) is 54.4 Å². The van der Waals surface area contributed by atoms with Gasteiger partial charge in [-0.15, -0.1) is 0 Å². The highest BCUT2D eigenvalue weighted by atomic mass is 32.1. The maximum Gasteiger partial charge on any atom is 0.347 e. The first-order valence-electron chi connectivity index (χ1n) is 7.83. The van der Waals surface area contributed by atoms with Gasteiger partial charge in [-0.3, -0.25) is 4.90 Å². The molecule has 0 amide bonds. The van der Waals surface area contributed by atoms with E-state index >= 15 is 0 Å². The number of rotatable bonds is 5. The van der Waals surface area contributed by atoms with Crippen molar-refractivity contribution in [3.05, 3.63) is 10.6 Å². The Morgan fingerprint density at radius 3 is 2.57 bits per heavy atom. The summed E-state index contributed by atoms with van der Waals surface area (Å²) in [5.41, 5.74) is 0.759. The van der Waals surface area contributed by atoms with E-state index in [0.717, 1.165) is 49.5 Å². The van der Waals surface area contributed by atoms with Gasteiger partial charge in [0.1, 0.15) is 4.88 Å². The summed E-state index contributed by atoms with van der Waals surface area (Å²) >= 11 is 1.34. The van der Waals surface area contributed by atoms with Crippen LogP contribution in [0.15, 0.2) is 0 Å². The van der Waals surface area contributed by atoms with Gasteiger partial charge < -0.3 is 10.0 Å². The molecule has 3 rings (SSSR count). The summed E-state index contributed by atoms with van der Waals surface area (Å²) < 4.78 is 0. The normalized spacial score (nSPS) is 21.5. The third-order valence-electron chi connectivity index (χ3n) is 4.56. The molecule has 116 valence electrons. The highest BCUT2D eigenvalue weighted by Crippen LogP contribution is 2.34. The molecular formula is C15H23N3O2S. The van der Waals surface area contributed by atoms with E-state index in [-0.39, 0.29) is 5.92 Å². The second-order valence-corrected chi connectivity index (χ2v) is 7.06. The Hall–Kier alpha value is -1.14. The van der Waals surface area contributed by atoms with Crippen LogP contribution in [0.5, 0.6) is 0 Å². The fourth-order valence-corrected chi connectivity index (χ4v) is 3.93. The van der Waals surface area contributed by atoms with Gasteiger partial charge >= 0.3 is 5.97 Å². The number of piperazine rings is 1. The van der Waals surface area contributed by atoms with Crippen molar-refractivity contribution in [1.29, 1.82) is 0 Å².